The van der Waals surface area contributed by atoms with Crippen LogP contribution in [0.2, 0.25) is 19.6 Å². The third-order valence-corrected chi connectivity index (χ3v) is 10.7. The van der Waals surface area contributed by atoms with Gasteiger partial charge in [-0.3, -0.25) is 4.79 Å². The molecule has 0 unspecified atom stereocenters. The highest BCUT2D eigenvalue weighted by molar-refractivity contribution is 6.69. The Morgan fingerprint density at radius 1 is 0.852 bits per heavy atom. The molecule has 0 aliphatic heterocycles. The second-order valence-corrected chi connectivity index (χ2v) is 17.0. The van der Waals surface area contributed by atoms with Crippen molar-refractivity contribution in [1.82, 2.24) is 0 Å². The largest absolute Gasteiger partial charge is 0.414 e. The third kappa shape index (κ3) is 2.93. The second kappa shape index (κ2) is 6.17. The van der Waals surface area contributed by atoms with Gasteiger partial charge in [-0.15, -0.1) is 0 Å². The summed E-state index contributed by atoms with van der Waals surface area (Å²) in [6, 6.07) is 0. The molecule has 0 aromatic carbocycles. The van der Waals surface area contributed by atoms with Gasteiger partial charge in [-0.2, -0.15) is 0 Å². The van der Waals surface area contributed by atoms with E-state index in [1.54, 1.807) is 0 Å². The highest BCUT2D eigenvalue weighted by atomic mass is 28.4. The molecule has 4 aliphatic carbocycles. The van der Waals surface area contributed by atoms with Gasteiger partial charge in [0.2, 0.25) is 0 Å². The molecular formula is C24H42O2Si. The highest BCUT2D eigenvalue weighted by Crippen LogP contribution is 2.68. The van der Waals surface area contributed by atoms with E-state index >= 15 is 0 Å². The summed E-state index contributed by atoms with van der Waals surface area (Å²) in [6.07, 6.45) is 10.4. The first-order chi connectivity index (χ1) is 12.4. The van der Waals surface area contributed by atoms with Crippen molar-refractivity contribution < 1.29 is 9.22 Å². The number of ketones is 1. The lowest BCUT2D eigenvalue weighted by Crippen LogP contribution is -2.58. The van der Waals surface area contributed by atoms with Gasteiger partial charge < -0.3 is 4.43 Å². The molecule has 0 bridgehead atoms. The standard InChI is InChI=1S/C24H42O2Si/c1-22(2)19-10-8-16-17-9-11-21(26-27(5,6)7)24(17,4)14-12-18(16)23(19,3)15-13-20(22)25/h16-19,21H,8-15H2,1-7H3/t16-,17-,18-,19-,21-,23+,24-/m0/s1. The molecule has 0 aromatic rings. The molecular weight excluding hydrogens is 348 g/mol. The SMILES string of the molecule is CC1(C)C(=O)CC[C@]2(C)[C@H]3CC[C@]4(C)[C@@H](O[Si](C)(C)C)CC[C@H]4[C@@H]3CC[C@@H]12. The summed E-state index contributed by atoms with van der Waals surface area (Å²) in [4.78, 5) is 12.7. The number of rotatable bonds is 2. The van der Waals surface area contributed by atoms with Crippen molar-refractivity contribution in [3.8, 4) is 0 Å². The number of carbonyl (C=O) groups excluding carboxylic acids is 1. The normalized spacial score (nSPS) is 49.3. The van der Waals surface area contributed by atoms with Crippen molar-refractivity contribution in [2.45, 2.75) is 105 Å². The molecule has 0 radical (unpaired) electrons. The maximum absolute atomic E-state index is 12.7. The minimum atomic E-state index is -1.50. The van der Waals surface area contributed by atoms with E-state index in [-0.39, 0.29) is 5.41 Å². The molecule has 0 saturated heterocycles. The highest BCUT2D eigenvalue weighted by Gasteiger charge is 2.63. The molecule has 0 aromatic heterocycles. The fraction of sp³-hybridized carbons (Fsp3) is 0.958. The summed E-state index contributed by atoms with van der Waals surface area (Å²) in [6.45, 7) is 16.7. The zero-order chi connectivity index (χ0) is 19.8. The number of hydrogen-bond acceptors (Lipinski definition) is 2. The first-order valence-electron chi connectivity index (χ1n) is 11.6. The van der Waals surface area contributed by atoms with Gasteiger partial charge in [0.25, 0.3) is 0 Å². The predicted octanol–water partition coefficient (Wildman–Crippen LogP) is 6.45. The summed E-state index contributed by atoms with van der Waals surface area (Å²) < 4.78 is 6.72. The molecule has 4 aliphatic rings. The van der Waals surface area contributed by atoms with E-state index in [4.69, 9.17) is 4.43 Å². The summed E-state index contributed by atoms with van der Waals surface area (Å²) in [5, 5.41) is 0. The van der Waals surface area contributed by atoms with Crippen LogP contribution in [0, 0.1) is 39.9 Å². The molecule has 3 heteroatoms. The number of hydrogen-bond donors (Lipinski definition) is 0. The van der Waals surface area contributed by atoms with Crippen molar-refractivity contribution in [2.24, 2.45) is 39.9 Å². The average molecular weight is 391 g/mol. The molecule has 0 spiro atoms. The Hall–Kier alpha value is -0.153. The zero-order valence-corrected chi connectivity index (χ0v) is 19.9. The molecule has 4 saturated carbocycles. The molecule has 154 valence electrons. The van der Waals surface area contributed by atoms with E-state index in [1.165, 1.54) is 38.5 Å². The topological polar surface area (TPSA) is 26.3 Å². The summed E-state index contributed by atoms with van der Waals surface area (Å²) >= 11 is 0. The summed E-state index contributed by atoms with van der Waals surface area (Å²) in [7, 11) is -1.50. The number of Topliss-reactive ketones (excluding diaryl/α,β-unsaturated/α-hetero) is 1. The van der Waals surface area contributed by atoms with E-state index in [9.17, 15) is 4.79 Å². The van der Waals surface area contributed by atoms with E-state index in [2.05, 4.69) is 47.3 Å². The van der Waals surface area contributed by atoms with Crippen molar-refractivity contribution >= 4 is 14.1 Å². The van der Waals surface area contributed by atoms with Crippen LogP contribution in [-0.4, -0.2) is 20.2 Å². The van der Waals surface area contributed by atoms with E-state index < -0.39 is 8.32 Å². The Balaban J connectivity index is 1.60. The molecule has 0 N–H and O–H groups in total. The average Bonchev–Trinajstić information content (AvgIpc) is 2.87. The fourth-order valence-electron chi connectivity index (χ4n) is 8.47. The predicted molar refractivity (Wildman–Crippen MR) is 114 cm³/mol. The van der Waals surface area contributed by atoms with Crippen LogP contribution < -0.4 is 0 Å². The van der Waals surface area contributed by atoms with Crippen LogP contribution in [0.4, 0.5) is 0 Å². The number of carbonyl (C=O) groups is 1. The van der Waals surface area contributed by atoms with Crippen molar-refractivity contribution in [1.29, 1.82) is 0 Å². The minimum absolute atomic E-state index is 0.113. The van der Waals surface area contributed by atoms with Crippen LogP contribution in [0.5, 0.6) is 0 Å². The van der Waals surface area contributed by atoms with Crippen molar-refractivity contribution in [2.75, 3.05) is 0 Å². The van der Waals surface area contributed by atoms with Crippen LogP contribution in [-0.2, 0) is 9.22 Å². The monoisotopic (exact) mass is 390 g/mol. The fourth-order valence-corrected chi connectivity index (χ4v) is 9.71. The Labute approximate surface area is 168 Å². The van der Waals surface area contributed by atoms with E-state index in [0.717, 1.165) is 30.6 Å². The minimum Gasteiger partial charge on any atom is -0.414 e. The number of fused-ring (bicyclic) bond motifs is 5. The van der Waals surface area contributed by atoms with Gasteiger partial charge in [0.15, 0.2) is 8.32 Å². The summed E-state index contributed by atoms with van der Waals surface area (Å²) in [5.41, 5.74) is 0.655. The van der Waals surface area contributed by atoms with Crippen LogP contribution in [0.3, 0.4) is 0 Å². The summed E-state index contributed by atoms with van der Waals surface area (Å²) in [5.74, 6) is 3.65. The first kappa shape index (κ1) is 20.1. The van der Waals surface area contributed by atoms with Crippen molar-refractivity contribution in [3.63, 3.8) is 0 Å². The molecule has 4 rings (SSSR count). The molecule has 7 atom stereocenters. The third-order valence-electron chi connectivity index (χ3n) is 9.76. The molecule has 0 amide bonds. The molecule has 0 heterocycles. The van der Waals surface area contributed by atoms with Gasteiger partial charge in [-0.1, -0.05) is 27.7 Å². The molecule has 27 heavy (non-hydrogen) atoms. The maximum atomic E-state index is 12.7. The Kier molecular flexibility index (Phi) is 4.60. The smallest absolute Gasteiger partial charge is 0.184 e. The van der Waals surface area contributed by atoms with Gasteiger partial charge in [0.1, 0.15) is 5.78 Å². The van der Waals surface area contributed by atoms with Gasteiger partial charge in [-0.05, 0) is 99.1 Å². The lowest BCUT2D eigenvalue weighted by atomic mass is 9.41. The van der Waals surface area contributed by atoms with Gasteiger partial charge in [0, 0.05) is 11.8 Å². The van der Waals surface area contributed by atoms with Crippen LogP contribution >= 0.6 is 0 Å². The second-order valence-electron chi connectivity index (χ2n) is 12.5. The van der Waals surface area contributed by atoms with Gasteiger partial charge >= 0.3 is 0 Å². The quantitative estimate of drug-likeness (QED) is 0.506. The Morgan fingerprint density at radius 3 is 2.19 bits per heavy atom. The first-order valence-corrected chi connectivity index (χ1v) is 15.0. The molecule has 2 nitrogen and oxygen atoms in total. The van der Waals surface area contributed by atoms with Crippen LogP contribution in [0.15, 0.2) is 0 Å². The van der Waals surface area contributed by atoms with E-state index in [1.807, 2.05) is 0 Å². The lowest BCUT2D eigenvalue weighted by Gasteiger charge is -2.63. The van der Waals surface area contributed by atoms with Crippen LogP contribution in [0.1, 0.15) is 79.1 Å². The van der Waals surface area contributed by atoms with Crippen molar-refractivity contribution in [3.05, 3.63) is 0 Å². The van der Waals surface area contributed by atoms with Gasteiger partial charge in [-0.25, -0.2) is 0 Å². The zero-order valence-electron chi connectivity index (χ0n) is 18.9. The maximum Gasteiger partial charge on any atom is 0.184 e. The van der Waals surface area contributed by atoms with E-state index in [0.29, 0.717) is 28.6 Å². The Morgan fingerprint density at radius 2 is 1.52 bits per heavy atom. The Bertz CT molecular complexity index is 620. The van der Waals surface area contributed by atoms with Gasteiger partial charge in [0.05, 0.1) is 6.10 Å². The van der Waals surface area contributed by atoms with Crippen LogP contribution in [0.25, 0.3) is 0 Å². The lowest BCUT2D eigenvalue weighted by molar-refractivity contribution is -0.165. The molecule has 4 fully saturated rings.